The minimum Gasteiger partial charge on any atom is -0.398 e. The molecule has 1 atom stereocenters. The number of nitrogens with two attached hydrogens (primary N) is 1. The summed E-state index contributed by atoms with van der Waals surface area (Å²) in [4.78, 5) is 6.77. The van der Waals surface area contributed by atoms with Crippen LogP contribution in [0.2, 0.25) is 5.02 Å². The first-order valence-electron chi connectivity index (χ1n) is 9.96. The second-order valence-corrected chi connectivity index (χ2v) is 8.81. The molecule has 1 unspecified atom stereocenters. The Morgan fingerprint density at radius 1 is 1.21 bits per heavy atom. The van der Waals surface area contributed by atoms with Gasteiger partial charge in [-0.2, -0.15) is 0 Å². The molecule has 7 heteroatoms. The highest BCUT2D eigenvalue weighted by molar-refractivity contribution is 9.10. The van der Waals surface area contributed by atoms with Crippen LogP contribution in [0.5, 0.6) is 0 Å². The minimum absolute atomic E-state index is 0.491. The Kier molecular flexibility index (Phi) is 6.27. The lowest BCUT2D eigenvalue weighted by molar-refractivity contribution is -0.192. The molecule has 2 aliphatic rings. The number of rotatable bonds is 3. The lowest BCUT2D eigenvalue weighted by Crippen LogP contribution is -2.41. The summed E-state index contributed by atoms with van der Waals surface area (Å²) in [5.74, 6) is 0. The molecule has 0 amide bonds. The van der Waals surface area contributed by atoms with Gasteiger partial charge in [0, 0.05) is 35.9 Å². The summed E-state index contributed by atoms with van der Waals surface area (Å²) in [6.45, 7) is 3.86. The number of aliphatic hydroxyl groups excluding tert-OH is 1. The number of halogens is 2. The maximum Gasteiger partial charge on any atom is 0.216 e. The van der Waals surface area contributed by atoms with Gasteiger partial charge in [-0.15, -0.1) is 0 Å². The Balaban J connectivity index is 1.80. The Morgan fingerprint density at radius 3 is 2.66 bits per heavy atom. The molecule has 1 saturated heterocycles. The zero-order valence-electron chi connectivity index (χ0n) is 16.4. The van der Waals surface area contributed by atoms with Crippen molar-refractivity contribution >= 4 is 38.8 Å². The van der Waals surface area contributed by atoms with Crippen LogP contribution in [0, 0.1) is 0 Å². The number of hydrogen-bond acceptors (Lipinski definition) is 5. The van der Waals surface area contributed by atoms with Gasteiger partial charge >= 0.3 is 0 Å². The SMILES string of the molecule is CCOC(O)N1CCC(=C2c3cc(N)c(Cl)cc3CCc3cc(Br)cnc32)CC1. The largest absolute Gasteiger partial charge is 0.398 e. The van der Waals surface area contributed by atoms with E-state index in [1.54, 1.807) is 0 Å². The summed E-state index contributed by atoms with van der Waals surface area (Å²) < 4.78 is 6.34. The number of aromatic nitrogens is 1. The maximum atomic E-state index is 10.2. The van der Waals surface area contributed by atoms with Crippen molar-refractivity contribution in [3.63, 3.8) is 0 Å². The van der Waals surface area contributed by atoms with Gasteiger partial charge in [-0.1, -0.05) is 17.2 Å². The molecule has 4 rings (SSSR count). The first-order valence-corrected chi connectivity index (χ1v) is 11.1. The normalized spacial score (nSPS) is 18.2. The van der Waals surface area contributed by atoms with Gasteiger partial charge < -0.3 is 15.6 Å². The van der Waals surface area contributed by atoms with Crippen molar-refractivity contribution < 1.29 is 9.84 Å². The third-order valence-corrected chi connectivity index (χ3v) is 6.47. The van der Waals surface area contributed by atoms with E-state index in [4.69, 9.17) is 27.1 Å². The number of likely N-dealkylation sites (tertiary alicyclic amines) is 1. The Morgan fingerprint density at radius 2 is 1.93 bits per heavy atom. The van der Waals surface area contributed by atoms with Crippen molar-refractivity contribution in [2.45, 2.75) is 39.0 Å². The molecule has 0 saturated carbocycles. The lowest BCUT2D eigenvalue weighted by Gasteiger charge is -2.33. The molecule has 1 aromatic heterocycles. The molecule has 0 bridgehead atoms. The molecule has 154 valence electrons. The number of ether oxygens (including phenoxy) is 1. The fraction of sp³-hybridized carbons (Fsp3) is 0.409. The van der Waals surface area contributed by atoms with Gasteiger partial charge in [0.15, 0.2) is 0 Å². The van der Waals surface area contributed by atoms with Crippen molar-refractivity contribution in [2.24, 2.45) is 0 Å². The quantitative estimate of drug-likeness (QED) is 0.506. The van der Waals surface area contributed by atoms with Gasteiger partial charge in [-0.3, -0.25) is 9.88 Å². The molecule has 1 aliphatic heterocycles. The van der Waals surface area contributed by atoms with Gasteiger partial charge in [0.2, 0.25) is 6.41 Å². The molecule has 2 aromatic rings. The van der Waals surface area contributed by atoms with Crippen LogP contribution in [0.1, 0.15) is 42.1 Å². The van der Waals surface area contributed by atoms with Crippen LogP contribution in [0.3, 0.4) is 0 Å². The second kappa shape index (κ2) is 8.74. The number of nitrogens with zero attached hydrogens (tertiary/aromatic N) is 2. The zero-order chi connectivity index (χ0) is 20.5. The summed E-state index contributed by atoms with van der Waals surface area (Å²) in [5.41, 5.74) is 13.9. The highest BCUT2D eigenvalue weighted by Gasteiger charge is 2.27. The monoisotopic (exact) mass is 477 g/mol. The van der Waals surface area contributed by atoms with E-state index in [0.29, 0.717) is 17.3 Å². The van der Waals surface area contributed by atoms with E-state index in [1.165, 1.54) is 22.3 Å². The van der Waals surface area contributed by atoms with E-state index in [2.05, 4.69) is 22.0 Å². The first-order chi connectivity index (χ1) is 14.0. The second-order valence-electron chi connectivity index (χ2n) is 7.49. The minimum atomic E-state index is -0.844. The van der Waals surface area contributed by atoms with Crippen molar-refractivity contribution in [2.75, 3.05) is 25.4 Å². The van der Waals surface area contributed by atoms with E-state index in [1.807, 2.05) is 30.2 Å². The van der Waals surface area contributed by atoms with E-state index in [0.717, 1.165) is 54.5 Å². The Hall–Kier alpha value is -1.44. The fourth-order valence-electron chi connectivity index (χ4n) is 4.24. The van der Waals surface area contributed by atoms with Crippen LogP contribution < -0.4 is 5.73 Å². The van der Waals surface area contributed by atoms with Crippen molar-refractivity contribution in [1.29, 1.82) is 0 Å². The van der Waals surface area contributed by atoms with Crippen LogP contribution in [-0.4, -0.2) is 41.1 Å². The van der Waals surface area contributed by atoms with Crippen LogP contribution in [-0.2, 0) is 17.6 Å². The van der Waals surface area contributed by atoms with Crippen molar-refractivity contribution in [3.05, 3.63) is 61.8 Å². The van der Waals surface area contributed by atoms with Crippen LogP contribution in [0.15, 0.2) is 34.4 Å². The highest BCUT2D eigenvalue weighted by atomic mass is 79.9. The number of nitrogen functional groups attached to an aromatic ring is 1. The van der Waals surface area contributed by atoms with Crippen molar-refractivity contribution in [1.82, 2.24) is 9.88 Å². The van der Waals surface area contributed by atoms with Crippen LogP contribution in [0.4, 0.5) is 5.69 Å². The smallest absolute Gasteiger partial charge is 0.216 e. The summed E-state index contributed by atoms with van der Waals surface area (Å²) in [5, 5.41) is 10.8. The Labute approximate surface area is 184 Å². The van der Waals surface area contributed by atoms with Crippen molar-refractivity contribution in [3.8, 4) is 0 Å². The number of aryl methyl sites for hydroxylation is 2. The number of hydrogen-bond donors (Lipinski definition) is 2. The average molecular weight is 479 g/mol. The molecule has 5 nitrogen and oxygen atoms in total. The summed E-state index contributed by atoms with van der Waals surface area (Å²) in [6, 6.07) is 6.16. The first kappa shape index (κ1) is 20.8. The number of pyridine rings is 1. The van der Waals surface area contributed by atoms with E-state index in [9.17, 15) is 5.11 Å². The van der Waals surface area contributed by atoms with Gasteiger partial charge in [0.1, 0.15) is 0 Å². The number of piperidine rings is 1. The predicted octanol–water partition coefficient (Wildman–Crippen LogP) is 4.39. The summed E-state index contributed by atoms with van der Waals surface area (Å²) in [6.07, 6.45) is 4.51. The topological polar surface area (TPSA) is 71.6 Å². The van der Waals surface area contributed by atoms with Gasteiger partial charge in [0.25, 0.3) is 0 Å². The molecule has 1 fully saturated rings. The lowest BCUT2D eigenvalue weighted by atomic mass is 9.88. The maximum absolute atomic E-state index is 10.2. The van der Waals surface area contributed by atoms with Crippen LogP contribution >= 0.6 is 27.5 Å². The Bertz CT molecular complexity index is 953. The molecule has 0 spiro atoms. The van der Waals surface area contributed by atoms with E-state index >= 15 is 0 Å². The summed E-state index contributed by atoms with van der Waals surface area (Å²) >= 11 is 9.90. The summed E-state index contributed by atoms with van der Waals surface area (Å²) in [7, 11) is 0. The standard InChI is InChI=1S/C22H25BrClN3O2/c1-2-29-22(28)27-7-5-13(6-8-27)20-17-11-19(25)18(24)10-14(17)3-4-15-9-16(23)12-26-21(15)20/h9-12,22,28H,2-8,25H2,1H3. The van der Waals surface area contributed by atoms with Crippen LogP contribution in [0.25, 0.3) is 5.57 Å². The highest BCUT2D eigenvalue weighted by Crippen LogP contribution is 2.40. The van der Waals surface area contributed by atoms with Gasteiger partial charge in [-0.25, -0.2) is 0 Å². The number of benzene rings is 1. The third kappa shape index (κ3) is 4.23. The molecule has 29 heavy (non-hydrogen) atoms. The van der Waals surface area contributed by atoms with Gasteiger partial charge in [-0.05, 0) is 83.4 Å². The molecule has 1 aliphatic carbocycles. The zero-order valence-corrected chi connectivity index (χ0v) is 18.8. The number of anilines is 1. The number of fused-ring (bicyclic) bond motifs is 2. The van der Waals surface area contributed by atoms with Gasteiger partial charge in [0.05, 0.1) is 16.4 Å². The number of aliphatic hydroxyl groups is 1. The molecular weight excluding hydrogens is 454 g/mol. The molecule has 0 radical (unpaired) electrons. The molecular formula is C22H25BrClN3O2. The third-order valence-electron chi connectivity index (χ3n) is 5.71. The van der Waals surface area contributed by atoms with E-state index in [-0.39, 0.29) is 0 Å². The fourth-order valence-corrected chi connectivity index (χ4v) is 4.81. The molecule has 3 N–H and O–H groups in total. The average Bonchev–Trinajstić information content (AvgIpc) is 2.85. The molecule has 2 heterocycles. The molecule has 1 aromatic carbocycles. The van der Waals surface area contributed by atoms with E-state index < -0.39 is 6.41 Å². The predicted molar refractivity (Wildman–Crippen MR) is 120 cm³/mol.